The van der Waals surface area contributed by atoms with Crippen LogP contribution in [-0.2, 0) is 16.1 Å². The van der Waals surface area contributed by atoms with Crippen molar-refractivity contribution >= 4 is 6.09 Å². The van der Waals surface area contributed by atoms with Crippen LogP contribution in [0.25, 0.3) is 0 Å². The quantitative estimate of drug-likeness (QED) is 0.790. The molecule has 6 heteroatoms. The minimum absolute atomic E-state index is 0.0257. The molecule has 3 aliphatic rings. The zero-order valence-corrected chi connectivity index (χ0v) is 17.7. The number of hydrogen-bond acceptors (Lipinski definition) is 5. The van der Waals surface area contributed by atoms with E-state index in [2.05, 4.69) is 4.90 Å². The van der Waals surface area contributed by atoms with Gasteiger partial charge in [-0.1, -0.05) is 30.3 Å². The third kappa shape index (κ3) is 4.60. The summed E-state index contributed by atoms with van der Waals surface area (Å²) >= 11 is 0. The lowest BCUT2D eigenvalue weighted by Gasteiger charge is -2.37. The van der Waals surface area contributed by atoms with Crippen LogP contribution in [0.1, 0.15) is 51.5 Å². The third-order valence-corrected chi connectivity index (χ3v) is 6.94. The van der Waals surface area contributed by atoms with E-state index in [1.807, 2.05) is 44.2 Å². The Morgan fingerprint density at radius 1 is 1.24 bits per heavy atom. The molecule has 6 nitrogen and oxygen atoms in total. The molecule has 2 heterocycles. The minimum atomic E-state index is -0.655. The highest BCUT2D eigenvalue weighted by molar-refractivity contribution is 5.69. The number of carbonyl (C=O) groups excluding carboxylic acids is 1. The summed E-state index contributed by atoms with van der Waals surface area (Å²) in [6.07, 6.45) is 4.87. The van der Waals surface area contributed by atoms with Crippen LogP contribution < -0.4 is 0 Å². The molecule has 2 saturated heterocycles. The van der Waals surface area contributed by atoms with Crippen LogP contribution >= 0.6 is 0 Å². The van der Waals surface area contributed by atoms with Gasteiger partial charge in [-0.3, -0.25) is 4.90 Å². The Hall–Kier alpha value is -1.63. The maximum atomic E-state index is 12.8. The summed E-state index contributed by atoms with van der Waals surface area (Å²) in [4.78, 5) is 16.9. The Labute approximate surface area is 173 Å². The molecule has 1 N–H and O–H groups in total. The Balaban J connectivity index is 1.26. The lowest BCUT2D eigenvalue weighted by molar-refractivity contribution is -0.0495. The monoisotopic (exact) mass is 402 g/mol. The first kappa shape index (κ1) is 20.6. The second-order valence-electron chi connectivity index (χ2n) is 9.39. The van der Waals surface area contributed by atoms with Crippen LogP contribution in [0.2, 0.25) is 0 Å². The van der Waals surface area contributed by atoms with Crippen LogP contribution in [-0.4, -0.2) is 65.1 Å². The smallest absolute Gasteiger partial charge is 0.412 e. The first-order valence-electron chi connectivity index (χ1n) is 10.9. The van der Waals surface area contributed by atoms with Gasteiger partial charge in [0, 0.05) is 6.54 Å². The fourth-order valence-corrected chi connectivity index (χ4v) is 4.83. The molecule has 0 aromatic heterocycles. The molecule has 1 aromatic rings. The molecule has 1 saturated carbocycles. The number of carbonyl (C=O) groups is 1. The number of ether oxygens (including phenoxy) is 2. The number of benzene rings is 1. The van der Waals surface area contributed by atoms with E-state index in [-0.39, 0.29) is 30.3 Å². The highest BCUT2D eigenvalue weighted by Crippen LogP contribution is 2.53. The van der Waals surface area contributed by atoms with Gasteiger partial charge in [0.1, 0.15) is 12.3 Å². The van der Waals surface area contributed by atoms with Gasteiger partial charge >= 0.3 is 6.09 Å². The van der Waals surface area contributed by atoms with Crippen molar-refractivity contribution in [2.24, 2.45) is 5.41 Å². The van der Waals surface area contributed by atoms with Gasteiger partial charge in [-0.05, 0) is 70.0 Å². The topological polar surface area (TPSA) is 62.2 Å². The molecule has 160 valence electrons. The SMILES string of the molecule is CC1(C)OCC(CCCN2CCC3(CC3)C(O)C2)N1C(=O)OCc1ccccc1. The molecular formula is C23H34N2O4. The second-order valence-corrected chi connectivity index (χ2v) is 9.39. The average molecular weight is 403 g/mol. The van der Waals surface area contributed by atoms with Gasteiger partial charge in [0.05, 0.1) is 18.8 Å². The number of amides is 1. The predicted molar refractivity (Wildman–Crippen MR) is 110 cm³/mol. The van der Waals surface area contributed by atoms with E-state index >= 15 is 0 Å². The van der Waals surface area contributed by atoms with Crippen molar-refractivity contribution in [3.63, 3.8) is 0 Å². The third-order valence-electron chi connectivity index (χ3n) is 6.94. The maximum Gasteiger partial charge on any atom is 0.412 e. The second kappa shape index (κ2) is 8.25. The number of likely N-dealkylation sites (tertiary alicyclic amines) is 1. The highest BCUT2D eigenvalue weighted by Gasteiger charge is 2.51. The van der Waals surface area contributed by atoms with Crippen LogP contribution in [0.4, 0.5) is 4.79 Å². The summed E-state index contributed by atoms with van der Waals surface area (Å²) in [6, 6.07) is 9.77. The molecule has 1 aliphatic carbocycles. The molecular weight excluding hydrogens is 368 g/mol. The summed E-state index contributed by atoms with van der Waals surface area (Å²) in [5.74, 6) is 0. The van der Waals surface area contributed by atoms with Crippen LogP contribution in [0.15, 0.2) is 30.3 Å². The van der Waals surface area contributed by atoms with Crippen molar-refractivity contribution in [2.75, 3.05) is 26.2 Å². The zero-order valence-electron chi connectivity index (χ0n) is 17.7. The van der Waals surface area contributed by atoms with Gasteiger partial charge in [0.25, 0.3) is 0 Å². The Morgan fingerprint density at radius 3 is 2.69 bits per heavy atom. The van der Waals surface area contributed by atoms with Gasteiger partial charge < -0.3 is 19.5 Å². The van der Waals surface area contributed by atoms with Crippen molar-refractivity contribution in [1.29, 1.82) is 0 Å². The first-order chi connectivity index (χ1) is 13.9. The molecule has 2 unspecified atom stereocenters. The Kier molecular flexibility index (Phi) is 5.87. The van der Waals surface area contributed by atoms with Crippen molar-refractivity contribution in [1.82, 2.24) is 9.80 Å². The van der Waals surface area contributed by atoms with Gasteiger partial charge in [0.2, 0.25) is 0 Å². The molecule has 2 aliphatic heterocycles. The molecule has 1 amide bonds. The van der Waals surface area contributed by atoms with Crippen molar-refractivity contribution < 1.29 is 19.4 Å². The lowest BCUT2D eigenvalue weighted by Crippen LogP contribution is -2.48. The molecule has 0 radical (unpaired) electrons. The van der Waals surface area contributed by atoms with Crippen LogP contribution in [0.5, 0.6) is 0 Å². The Morgan fingerprint density at radius 2 is 2.00 bits per heavy atom. The first-order valence-corrected chi connectivity index (χ1v) is 10.9. The molecule has 4 rings (SSSR count). The van der Waals surface area contributed by atoms with Crippen molar-refractivity contribution in [3.05, 3.63) is 35.9 Å². The van der Waals surface area contributed by atoms with E-state index in [0.29, 0.717) is 6.61 Å². The molecule has 1 spiro atoms. The van der Waals surface area contributed by atoms with Crippen molar-refractivity contribution in [3.8, 4) is 0 Å². The minimum Gasteiger partial charge on any atom is -0.444 e. The number of aliphatic hydroxyl groups is 1. The van der Waals surface area contributed by atoms with E-state index < -0.39 is 5.72 Å². The number of β-amino-alcohol motifs (C(OH)–C–C–N with tert-alkyl or cyclic N) is 1. The average Bonchev–Trinajstić information content (AvgIpc) is 3.42. The van der Waals surface area contributed by atoms with Crippen LogP contribution in [0.3, 0.4) is 0 Å². The maximum absolute atomic E-state index is 12.8. The molecule has 3 fully saturated rings. The fourth-order valence-electron chi connectivity index (χ4n) is 4.83. The van der Waals surface area contributed by atoms with Gasteiger partial charge in [-0.2, -0.15) is 0 Å². The standard InChI is InChI=1S/C23H34N2O4/c1-22(2)25(21(27)28-16-18-7-4-3-5-8-18)19(17-29-22)9-6-13-24-14-12-23(10-11-23)20(26)15-24/h3-5,7-8,19-20,26H,6,9-17H2,1-2H3. The summed E-state index contributed by atoms with van der Waals surface area (Å²) in [5, 5.41) is 10.4. The van der Waals surface area contributed by atoms with E-state index in [4.69, 9.17) is 9.47 Å². The molecule has 1 aromatic carbocycles. The molecule has 29 heavy (non-hydrogen) atoms. The summed E-state index contributed by atoms with van der Waals surface area (Å²) in [5.41, 5.74) is 0.574. The fraction of sp³-hybridized carbons (Fsp3) is 0.696. The van der Waals surface area contributed by atoms with Gasteiger partial charge in [-0.15, -0.1) is 0 Å². The highest BCUT2D eigenvalue weighted by atomic mass is 16.6. The number of aliphatic hydroxyl groups excluding tert-OH is 1. The molecule has 0 bridgehead atoms. The summed E-state index contributed by atoms with van der Waals surface area (Å²) in [7, 11) is 0. The number of nitrogens with zero attached hydrogens (tertiary/aromatic N) is 2. The zero-order chi connectivity index (χ0) is 20.5. The Bertz CT molecular complexity index is 704. The van der Waals surface area contributed by atoms with E-state index in [1.54, 1.807) is 4.90 Å². The van der Waals surface area contributed by atoms with Gasteiger partial charge in [-0.25, -0.2) is 4.79 Å². The summed E-state index contributed by atoms with van der Waals surface area (Å²) < 4.78 is 11.5. The normalized spacial score (nSPS) is 27.9. The van der Waals surface area contributed by atoms with E-state index in [9.17, 15) is 9.90 Å². The van der Waals surface area contributed by atoms with Crippen molar-refractivity contribution in [2.45, 2.75) is 70.4 Å². The lowest BCUT2D eigenvalue weighted by atomic mass is 9.90. The van der Waals surface area contributed by atoms with Gasteiger partial charge in [0.15, 0.2) is 0 Å². The van der Waals surface area contributed by atoms with E-state index in [1.165, 1.54) is 12.8 Å². The molecule has 2 atom stereocenters. The van der Waals surface area contributed by atoms with Crippen LogP contribution in [0, 0.1) is 5.41 Å². The number of rotatable bonds is 6. The number of hydrogen-bond donors (Lipinski definition) is 1. The predicted octanol–water partition coefficient (Wildman–Crippen LogP) is 3.39. The van der Waals surface area contributed by atoms with E-state index in [0.717, 1.165) is 44.5 Å². The largest absolute Gasteiger partial charge is 0.444 e. The number of piperidine rings is 1. The summed E-state index contributed by atoms with van der Waals surface area (Å²) in [6.45, 7) is 7.48.